The molecule has 1 aromatic heterocycles. The van der Waals surface area contributed by atoms with Gasteiger partial charge in [0.15, 0.2) is 12.4 Å². The zero-order valence-electron chi connectivity index (χ0n) is 11.1. The fourth-order valence-electron chi connectivity index (χ4n) is 2.31. The molecule has 0 saturated carbocycles. The quantitative estimate of drug-likeness (QED) is 0.665. The zero-order chi connectivity index (χ0) is 13.9. The average Bonchev–Trinajstić information content (AvgIpc) is 2.53. The van der Waals surface area contributed by atoms with Gasteiger partial charge in [0, 0.05) is 12.1 Å². The van der Waals surface area contributed by atoms with Crippen molar-refractivity contribution in [3.63, 3.8) is 0 Å². The van der Waals surface area contributed by atoms with Gasteiger partial charge in [-0.05, 0) is 17.5 Å². The van der Waals surface area contributed by atoms with E-state index >= 15 is 0 Å². The van der Waals surface area contributed by atoms with Crippen molar-refractivity contribution in [2.45, 2.75) is 0 Å². The lowest BCUT2D eigenvalue weighted by Gasteiger charge is -2.04. The first kappa shape index (κ1) is 12.2. The lowest BCUT2D eigenvalue weighted by atomic mass is 10.1. The first-order chi connectivity index (χ1) is 9.83. The highest BCUT2D eigenvalue weighted by molar-refractivity contribution is 5.86. The van der Waals surface area contributed by atoms with Crippen LogP contribution in [0.5, 0.6) is 5.75 Å². The van der Waals surface area contributed by atoms with Crippen LogP contribution >= 0.6 is 0 Å². The van der Waals surface area contributed by atoms with Crippen molar-refractivity contribution in [3.05, 3.63) is 66.5 Å². The molecule has 0 unspecified atom stereocenters. The third-order valence-electron chi connectivity index (χ3n) is 3.31. The minimum Gasteiger partial charge on any atom is -0.496 e. The number of nitriles is 1. The Labute approximate surface area is 117 Å². The van der Waals surface area contributed by atoms with Gasteiger partial charge in [-0.25, -0.2) is 0 Å². The molecule has 20 heavy (non-hydrogen) atoms. The molecule has 0 fully saturated rings. The van der Waals surface area contributed by atoms with Gasteiger partial charge >= 0.3 is 0 Å². The third-order valence-corrected chi connectivity index (χ3v) is 3.31. The summed E-state index contributed by atoms with van der Waals surface area (Å²) in [6.07, 6.45) is 3.95. The summed E-state index contributed by atoms with van der Waals surface area (Å²) in [6.45, 7) is 0. The highest BCUT2D eigenvalue weighted by Gasteiger charge is 2.13. The normalized spacial score (nSPS) is 10.2. The number of ether oxygens (including phenoxy) is 1. The van der Waals surface area contributed by atoms with E-state index in [4.69, 9.17) is 4.74 Å². The molecular weight excluding hydrogens is 248 g/mol. The fraction of sp³-hybridized carbons (Fsp3) is 0.0588. The van der Waals surface area contributed by atoms with Crippen molar-refractivity contribution in [2.75, 3.05) is 7.11 Å². The van der Waals surface area contributed by atoms with Crippen molar-refractivity contribution in [1.29, 1.82) is 5.26 Å². The molecule has 1 heterocycles. The van der Waals surface area contributed by atoms with Crippen LogP contribution in [0.3, 0.4) is 0 Å². The van der Waals surface area contributed by atoms with Crippen molar-refractivity contribution >= 4 is 10.8 Å². The van der Waals surface area contributed by atoms with Gasteiger partial charge in [0.2, 0.25) is 5.69 Å². The predicted molar refractivity (Wildman–Crippen MR) is 76.7 cm³/mol. The molecule has 0 atom stereocenters. The van der Waals surface area contributed by atoms with Gasteiger partial charge in [0.1, 0.15) is 17.4 Å². The van der Waals surface area contributed by atoms with Crippen molar-refractivity contribution < 1.29 is 9.30 Å². The number of para-hydroxylation sites is 1. The van der Waals surface area contributed by atoms with Gasteiger partial charge in [0.05, 0.1) is 12.5 Å². The van der Waals surface area contributed by atoms with Crippen LogP contribution < -0.4 is 9.30 Å². The first-order valence-electron chi connectivity index (χ1n) is 6.31. The fourth-order valence-corrected chi connectivity index (χ4v) is 2.31. The zero-order valence-corrected chi connectivity index (χ0v) is 11.1. The van der Waals surface area contributed by atoms with Gasteiger partial charge in [-0.2, -0.15) is 9.83 Å². The Morgan fingerprint density at radius 3 is 2.70 bits per heavy atom. The van der Waals surface area contributed by atoms with Crippen LogP contribution in [-0.2, 0) is 0 Å². The summed E-state index contributed by atoms with van der Waals surface area (Å²) in [7, 11) is 1.66. The molecule has 3 nitrogen and oxygen atoms in total. The number of benzene rings is 2. The monoisotopic (exact) mass is 261 g/mol. The smallest absolute Gasteiger partial charge is 0.228 e. The predicted octanol–water partition coefficient (Wildman–Crippen LogP) is 3.00. The molecule has 0 aliphatic rings. The molecule has 0 N–H and O–H groups in total. The molecular formula is C17H13N2O+. The first-order valence-corrected chi connectivity index (χ1v) is 6.31. The minimum absolute atomic E-state index is 0.645. The maximum absolute atomic E-state index is 9.21. The van der Waals surface area contributed by atoms with Crippen molar-refractivity contribution in [2.24, 2.45) is 0 Å². The Kier molecular flexibility index (Phi) is 3.06. The molecule has 0 saturated heterocycles. The average molecular weight is 261 g/mol. The van der Waals surface area contributed by atoms with Crippen molar-refractivity contribution in [1.82, 2.24) is 0 Å². The summed E-state index contributed by atoms with van der Waals surface area (Å²) in [5.74, 6) is 0.825. The maximum Gasteiger partial charge on any atom is 0.228 e. The molecule has 0 bridgehead atoms. The number of fused-ring (bicyclic) bond motifs is 1. The summed E-state index contributed by atoms with van der Waals surface area (Å²) in [5.41, 5.74) is 1.51. The summed E-state index contributed by atoms with van der Waals surface area (Å²) in [6, 6.07) is 17.7. The number of nitrogens with zero attached hydrogens (tertiary/aromatic N) is 2. The van der Waals surface area contributed by atoms with Crippen LogP contribution in [0.2, 0.25) is 0 Å². The highest BCUT2D eigenvalue weighted by Crippen LogP contribution is 2.23. The number of methoxy groups -OCH3 is 1. The van der Waals surface area contributed by atoms with Crippen LogP contribution in [0.4, 0.5) is 0 Å². The van der Waals surface area contributed by atoms with Gasteiger partial charge < -0.3 is 4.74 Å². The molecule has 96 valence electrons. The second-order valence-electron chi connectivity index (χ2n) is 4.44. The molecule has 3 heteroatoms. The Morgan fingerprint density at radius 2 is 1.90 bits per heavy atom. The largest absolute Gasteiger partial charge is 0.496 e. The van der Waals surface area contributed by atoms with Crippen LogP contribution in [0.1, 0.15) is 5.56 Å². The molecule has 0 spiro atoms. The van der Waals surface area contributed by atoms with E-state index in [1.165, 1.54) is 0 Å². The summed E-state index contributed by atoms with van der Waals surface area (Å²) < 4.78 is 7.34. The lowest BCUT2D eigenvalue weighted by Crippen LogP contribution is -2.30. The lowest BCUT2D eigenvalue weighted by molar-refractivity contribution is -0.594. The maximum atomic E-state index is 9.21. The third kappa shape index (κ3) is 1.98. The molecule has 2 aromatic carbocycles. The minimum atomic E-state index is 0.645. The van der Waals surface area contributed by atoms with Gasteiger partial charge in [-0.15, -0.1) is 0 Å². The van der Waals surface area contributed by atoms with Crippen LogP contribution in [0, 0.1) is 11.3 Å². The number of hydrogen-bond donors (Lipinski definition) is 0. The van der Waals surface area contributed by atoms with Crippen LogP contribution in [-0.4, -0.2) is 7.11 Å². The molecule has 0 radical (unpaired) electrons. The summed E-state index contributed by atoms with van der Waals surface area (Å²) in [5, 5.41) is 11.3. The van der Waals surface area contributed by atoms with Gasteiger partial charge in [-0.3, -0.25) is 0 Å². The molecule has 3 aromatic rings. The van der Waals surface area contributed by atoms with E-state index < -0.39 is 0 Å². The molecule has 3 rings (SSSR count). The van der Waals surface area contributed by atoms with E-state index in [2.05, 4.69) is 6.07 Å². The van der Waals surface area contributed by atoms with E-state index in [9.17, 15) is 5.26 Å². The Hall–Kier alpha value is -2.86. The van der Waals surface area contributed by atoms with E-state index in [-0.39, 0.29) is 0 Å². The Balaban J connectivity index is 2.26. The SMILES string of the molecule is COc1cccc2cc[n+](-c3ccccc3C#N)cc12. The summed E-state index contributed by atoms with van der Waals surface area (Å²) in [4.78, 5) is 0. The standard InChI is InChI=1S/C17H13N2O/c1-20-17-8-4-6-13-9-10-19(12-15(13)17)16-7-3-2-5-14(16)11-18/h2-10,12H,1H3/q+1. The van der Waals surface area contributed by atoms with E-state index in [0.717, 1.165) is 22.2 Å². The molecule has 0 amide bonds. The van der Waals surface area contributed by atoms with E-state index in [1.807, 2.05) is 65.5 Å². The number of hydrogen-bond acceptors (Lipinski definition) is 2. The van der Waals surface area contributed by atoms with Crippen LogP contribution in [0.15, 0.2) is 60.9 Å². The molecule has 0 aliphatic heterocycles. The molecule has 0 aliphatic carbocycles. The van der Waals surface area contributed by atoms with E-state index in [0.29, 0.717) is 5.56 Å². The number of aromatic nitrogens is 1. The highest BCUT2D eigenvalue weighted by atomic mass is 16.5. The number of pyridine rings is 1. The van der Waals surface area contributed by atoms with Gasteiger partial charge in [0.25, 0.3) is 0 Å². The Bertz CT molecular complexity index is 819. The second kappa shape index (κ2) is 5.02. The summed E-state index contributed by atoms with van der Waals surface area (Å²) >= 11 is 0. The second-order valence-corrected chi connectivity index (χ2v) is 4.44. The van der Waals surface area contributed by atoms with E-state index in [1.54, 1.807) is 7.11 Å². The number of rotatable bonds is 2. The van der Waals surface area contributed by atoms with Gasteiger partial charge in [-0.1, -0.05) is 24.3 Å². The van der Waals surface area contributed by atoms with Crippen LogP contribution in [0.25, 0.3) is 16.5 Å². The Morgan fingerprint density at radius 1 is 1.05 bits per heavy atom. The topological polar surface area (TPSA) is 36.9 Å². The van der Waals surface area contributed by atoms with Crippen molar-refractivity contribution in [3.8, 4) is 17.5 Å².